The number of benzene rings is 2. The normalized spacial score (nSPS) is 10.4. The van der Waals surface area contributed by atoms with E-state index in [1.807, 2.05) is 25.1 Å². The van der Waals surface area contributed by atoms with Crippen molar-refractivity contribution in [3.05, 3.63) is 64.7 Å². The maximum Gasteiger partial charge on any atom is 0.248 e. The fraction of sp³-hybridized carbons (Fsp3) is 0.235. The number of methoxy groups -OCH3 is 1. The first kappa shape index (κ1) is 15.1. The number of nitrogens with two attached hydrogens (primary N) is 1. The number of primary amides is 1. The number of aryl methyl sites for hydroxylation is 1. The van der Waals surface area contributed by atoms with Gasteiger partial charge in [0.1, 0.15) is 0 Å². The minimum atomic E-state index is -0.406. The topological polar surface area (TPSA) is 64.3 Å². The van der Waals surface area contributed by atoms with Gasteiger partial charge < -0.3 is 15.8 Å². The van der Waals surface area contributed by atoms with Gasteiger partial charge in [-0.1, -0.05) is 24.3 Å². The lowest BCUT2D eigenvalue weighted by molar-refractivity contribution is 0.1000. The SMILES string of the molecule is COCc1cccc(CNc2ccc(C(N)=O)cc2C)c1. The van der Waals surface area contributed by atoms with Crippen molar-refractivity contribution in [1.29, 1.82) is 0 Å². The summed E-state index contributed by atoms with van der Waals surface area (Å²) >= 11 is 0. The second-order valence-corrected chi connectivity index (χ2v) is 5.00. The van der Waals surface area contributed by atoms with Crippen LogP contribution in [0.3, 0.4) is 0 Å². The van der Waals surface area contributed by atoms with E-state index in [1.54, 1.807) is 19.2 Å². The number of nitrogens with one attached hydrogen (secondary N) is 1. The van der Waals surface area contributed by atoms with E-state index in [4.69, 9.17) is 10.5 Å². The van der Waals surface area contributed by atoms with Crippen LogP contribution in [0.25, 0.3) is 0 Å². The number of carbonyl (C=O) groups excluding carboxylic acids is 1. The molecule has 3 N–H and O–H groups in total. The summed E-state index contributed by atoms with van der Waals surface area (Å²) in [5, 5.41) is 3.37. The Morgan fingerprint density at radius 2 is 1.95 bits per heavy atom. The maximum atomic E-state index is 11.1. The lowest BCUT2D eigenvalue weighted by atomic mass is 10.1. The van der Waals surface area contributed by atoms with Crippen LogP contribution in [-0.4, -0.2) is 13.0 Å². The van der Waals surface area contributed by atoms with Crippen LogP contribution in [0.1, 0.15) is 27.0 Å². The third-order valence-electron chi connectivity index (χ3n) is 3.30. The average molecular weight is 284 g/mol. The highest BCUT2D eigenvalue weighted by molar-refractivity contribution is 5.93. The van der Waals surface area contributed by atoms with E-state index in [1.165, 1.54) is 5.56 Å². The third kappa shape index (κ3) is 4.07. The highest BCUT2D eigenvalue weighted by Gasteiger charge is 2.04. The number of hydrogen-bond acceptors (Lipinski definition) is 3. The van der Waals surface area contributed by atoms with Crippen molar-refractivity contribution in [3.8, 4) is 0 Å². The van der Waals surface area contributed by atoms with Gasteiger partial charge in [0.15, 0.2) is 0 Å². The van der Waals surface area contributed by atoms with Gasteiger partial charge >= 0.3 is 0 Å². The predicted molar refractivity (Wildman–Crippen MR) is 84.2 cm³/mol. The standard InChI is InChI=1S/C17H20N2O2/c1-12-8-15(17(18)20)6-7-16(12)19-10-13-4-3-5-14(9-13)11-21-2/h3-9,19H,10-11H2,1-2H3,(H2,18,20). The summed E-state index contributed by atoms with van der Waals surface area (Å²) in [5.41, 5.74) is 10.1. The highest BCUT2D eigenvalue weighted by Crippen LogP contribution is 2.17. The summed E-state index contributed by atoms with van der Waals surface area (Å²) in [5.74, 6) is -0.406. The number of hydrogen-bond donors (Lipinski definition) is 2. The molecule has 0 aliphatic rings. The molecule has 0 unspecified atom stereocenters. The van der Waals surface area contributed by atoms with Crippen LogP contribution >= 0.6 is 0 Å². The smallest absolute Gasteiger partial charge is 0.248 e. The van der Waals surface area contributed by atoms with Crippen LogP contribution in [0.5, 0.6) is 0 Å². The summed E-state index contributed by atoms with van der Waals surface area (Å²) in [7, 11) is 1.69. The molecule has 0 aromatic heterocycles. The molecule has 0 aliphatic heterocycles. The maximum absolute atomic E-state index is 11.1. The minimum Gasteiger partial charge on any atom is -0.381 e. The van der Waals surface area contributed by atoms with Gasteiger partial charge in [-0.15, -0.1) is 0 Å². The summed E-state index contributed by atoms with van der Waals surface area (Å²) in [6.07, 6.45) is 0. The number of carbonyl (C=O) groups is 1. The Labute approximate surface area is 124 Å². The fourth-order valence-corrected chi connectivity index (χ4v) is 2.21. The highest BCUT2D eigenvalue weighted by atomic mass is 16.5. The van der Waals surface area contributed by atoms with Crippen molar-refractivity contribution in [1.82, 2.24) is 0 Å². The van der Waals surface area contributed by atoms with Gasteiger partial charge in [0.2, 0.25) is 5.91 Å². The molecule has 0 aliphatic carbocycles. The first-order chi connectivity index (χ1) is 10.1. The minimum absolute atomic E-state index is 0.406. The molecule has 0 spiro atoms. The van der Waals surface area contributed by atoms with E-state index in [-0.39, 0.29) is 0 Å². The van der Waals surface area contributed by atoms with Gasteiger partial charge in [0, 0.05) is 24.9 Å². The molecular formula is C17H20N2O2. The molecule has 2 rings (SSSR count). The Kier molecular flexibility index (Phi) is 4.95. The number of anilines is 1. The zero-order chi connectivity index (χ0) is 15.2. The molecule has 1 amide bonds. The Morgan fingerprint density at radius 3 is 2.62 bits per heavy atom. The van der Waals surface area contributed by atoms with Gasteiger partial charge in [-0.3, -0.25) is 4.79 Å². The molecule has 2 aromatic rings. The Hall–Kier alpha value is -2.33. The Bertz CT molecular complexity index is 638. The van der Waals surface area contributed by atoms with Gasteiger partial charge in [-0.25, -0.2) is 0 Å². The van der Waals surface area contributed by atoms with E-state index in [0.29, 0.717) is 18.7 Å². The van der Waals surface area contributed by atoms with Crippen molar-refractivity contribution in [2.75, 3.05) is 12.4 Å². The zero-order valence-corrected chi connectivity index (χ0v) is 12.3. The molecular weight excluding hydrogens is 264 g/mol. The zero-order valence-electron chi connectivity index (χ0n) is 12.3. The molecule has 4 nitrogen and oxygen atoms in total. The molecule has 21 heavy (non-hydrogen) atoms. The van der Waals surface area contributed by atoms with Gasteiger partial charge in [-0.2, -0.15) is 0 Å². The Morgan fingerprint density at radius 1 is 1.19 bits per heavy atom. The van der Waals surface area contributed by atoms with Crippen LogP contribution in [0.4, 0.5) is 5.69 Å². The number of rotatable bonds is 6. The molecule has 4 heteroatoms. The van der Waals surface area contributed by atoms with Crippen molar-refractivity contribution in [2.24, 2.45) is 5.73 Å². The average Bonchev–Trinajstić information content (AvgIpc) is 2.46. The lowest BCUT2D eigenvalue weighted by Gasteiger charge is -2.11. The largest absolute Gasteiger partial charge is 0.381 e. The second-order valence-electron chi connectivity index (χ2n) is 5.00. The van der Waals surface area contributed by atoms with E-state index >= 15 is 0 Å². The number of ether oxygens (including phenoxy) is 1. The van der Waals surface area contributed by atoms with Crippen LogP contribution in [0.15, 0.2) is 42.5 Å². The molecule has 0 radical (unpaired) electrons. The van der Waals surface area contributed by atoms with Crippen molar-refractivity contribution in [3.63, 3.8) is 0 Å². The van der Waals surface area contributed by atoms with E-state index in [9.17, 15) is 4.79 Å². The molecule has 0 saturated carbocycles. The fourth-order valence-electron chi connectivity index (χ4n) is 2.21. The van der Waals surface area contributed by atoms with Gasteiger partial charge in [0.25, 0.3) is 0 Å². The molecule has 0 bridgehead atoms. The van der Waals surface area contributed by atoms with Crippen LogP contribution in [0, 0.1) is 6.92 Å². The summed E-state index contributed by atoms with van der Waals surface area (Å²) < 4.78 is 5.14. The van der Waals surface area contributed by atoms with E-state index in [0.717, 1.165) is 16.8 Å². The van der Waals surface area contributed by atoms with Gasteiger partial charge in [-0.05, 0) is 41.8 Å². The summed E-state index contributed by atoms with van der Waals surface area (Å²) in [6, 6.07) is 13.7. The lowest BCUT2D eigenvalue weighted by Crippen LogP contribution is -2.11. The molecule has 110 valence electrons. The van der Waals surface area contributed by atoms with Gasteiger partial charge in [0.05, 0.1) is 6.61 Å². The molecule has 0 fully saturated rings. The predicted octanol–water partition coefficient (Wildman–Crippen LogP) is 2.85. The molecule has 0 saturated heterocycles. The summed E-state index contributed by atoms with van der Waals surface area (Å²) in [6.45, 7) is 3.28. The molecule has 0 heterocycles. The quantitative estimate of drug-likeness (QED) is 0.857. The Balaban J connectivity index is 2.06. The van der Waals surface area contributed by atoms with E-state index in [2.05, 4.69) is 17.4 Å². The van der Waals surface area contributed by atoms with Crippen LogP contribution in [-0.2, 0) is 17.9 Å². The second kappa shape index (κ2) is 6.90. The summed E-state index contributed by atoms with van der Waals surface area (Å²) in [4.78, 5) is 11.1. The van der Waals surface area contributed by atoms with Crippen molar-refractivity contribution < 1.29 is 9.53 Å². The van der Waals surface area contributed by atoms with Crippen molar-refractivity contribution >= 4 is 11.6 Å². The van der Waals surface area contributed by atoms with E-state index < -0.39 is 5.91 Å². The first-order valence-corrected chi connectivity index (χ1v) is 6.81. The molecule has 2 aromatic carbocycles. The molecule has 0 atom stereocenters. The van der Waals surface area contributed by atoms with Crippen molar-refractivity contribution in [2.45, 2.75) is 20.1 Å². The van der Waals surface area contributed by atoms with Crippen LogP contribution in [0.2, 0.25) is 0 Å². The third-order valence-corrected chi connectivity index (χ3v) is 3.30. The van der Waals surface area contributed by atoms with Crippen LogP contribution < -0.4 is 11.1 Å². The first-order valence-electron chi connectivity index (χ1n) is 6.81. The monoisotopic (exact) mass is 284 g/mol. The number of amides is 1.